The van der Waals surface area contributed by atoms with Gasteiger partial charge in [-0.15, -0.1) is 0 Å². The van der Waals surface area contributed by atoms with Crippen LogP contribution in [0.1, 0.15) is 12.2 Å². The van der Waals surface area contributed by atoms with Gasteiger partial charge in [0.05, 0.1) is 0 Å². The van der Waals surface area contributed by atoms with Crippen LogP contribution in [0.4, 0.5) is 5.69 Å². The Morgan fingerprint density at radius 1 is 0.906 bits per heavy atom. The fraction of sp³-hybridized carbons (Fsp3) is 0.304. The number of hydrogen-bond acceptors (Lipinski definition) is 6. The number of carboxylic acid groups (broad SMARTS) is 2. The van der Waals surface area contributed by atoms with E-state index in [0.717, 1.165) is 57.0 Å². The first-order valence-electron chi connectivity index (χ1n) is 10.5. The molecule has 0 bridgehead atoms. The number of para-hydroxylation sites is 1. The maximum atomic E-state index is 9.55. The van der Waals surface area contributed by atoms with Gasteiger partial charge < -0.3 is 15.1 Å². The average Bonchev–Trinajstić information content (AvgIpc) is 3.22. The minimum atomic E-state index is -1.26. The molecular weight excluding hydrogens is 410 g/mol. The van der Waals surface area contributed by atoms with Crippen LogP contribution in [-0.4, -0.2) is 74.4 Å². The van der Waals surface area contributed by atoms with E-state index in [9.17, 15) is 9.59 Å². The summed E-state index contributed by atoms with van der Waals surface area (Å²) in [5, 5.41) is 20.2. The smallest absolute Gasteiger partial charge is 0.328 e. The van der Waals surface area contributed by atoms with Crippen LogP contribution in [0, 0.1) is 0 Å². The van der Waals surface area contributed by atoms with E-state index < -0.39 is 11.9 Å². The molecular formula is C23H27N5O4. The lowest BCUT2D eigenvalue weighted by Gasteiger charge is -2.36. The number of rotatable bonds is 7. The number of carbonyl (C=O) groups is 2. The molecule has 4 rings (SSSR count). The highest BCUT2D eigenvalue weighted by atomic mass is 16.4. The van der Waals surface area contributed by atoms with Crippen molar-refractivity contribution in [1.82, 2.24) is 19.5 Å². The molecule has 168 valence electrons. The van der Waals surface area contributed by atoms with Crippen molar-refractivity contribution < 1.29 is 19.8 Å². The van der Waals surface area contributed by atoms with Gasteiger partial charge in [0.2, 0.25) is 0 Å². The highest BCUT2D eigenvalue weighted by Crippen LogP contribution is 2.15. The number of piperazine rings is 1. The largest absolute Gasteiger partial charge is 0.478 e. The molecule has 0 aliphatic carbocycles. The molecule has 9 heteroatoms. The zero-order valence-electron chi connectivity index (χ0n) is 17.7. The van der Waals surface area contributed by atoms with Gasteiger partial charge in [-0.1, -0.05) is 24.3 Å². The molecule has 0 spiro atoms. The quantitative estimate of drug-likeness (QED) is 0.541. The van der Waals surface area contributed by atoms with E-state index in [2.05, 4.69) is 50.2 Å². The minimum Gasteiger partial charge on any atom is -0.478 e. The highest BCUT2D eigenvalue weighted by molar-refractivity contribution is 5.89. The van der Waals surface area contributed by atoms with Crippen molar-refractivity contribution in [2.45, 2.75) is 12.8 Å². The molecule has 1 saturated heterocycles. The summed E-state index contributed by atoms with van der Waals surface area (Å²) in [7, 11) is 0. The van der Waals surface area contributed by atoms with Crippen LogP contribution in [-0.2, 0) is 16.0 Å². The third-order valence-electron chi connectivity index (χ3n) is 5.02. The fourth-order valence-corrected chi connectivity index (χ4v) is 3.46. The van der Waals surface area contributed by atoms with Crippen molar-refractivity contribution in [3.8, 4) is 0 Å². The van der Waals surface area contributed by atoms with Gasteiger partial charge in [0.15, 0.2) is 11.5 Å². The first-order chi connectivity index (χ1) is 15.5. The maximum absolute atomic E-state index is 9.55. The summed E-state index contributed by atoms with van der Waals surface area (Å²) >= 11 is 0. The van der Waals surface area contributed by atoms with E-state index in [0.29, 0.717) is 12.2 Å². The van der Waals surface area contributed by atoms with E-state index in [4.69, 9.17) is 10.2 Å². The SMILES string of the molecule is O=C(O)C=CC(=O)O.c1ccc(N2CCN(CCCc3nc4ccccn4n3)CC2)cc1. The molecule has 3 aromatic rings. The number of aromatic nitrogens is 3. The van der Waals surface area contributed by atoms with Gasteiger partial charge in [-0.25, -0.2) is 19.1 Å². The van der Waals surface area contributed by atoms with E-state index in [1.54, 1.807) is 0 Å². The molecule has 3 heterocycles. The Bertz CT molecular complexity index is 994. The van der Waals surface area contributed by atoms with Gasteiger partial charge in [0, 0.05) is 56.6 Å². The number of hydrogen-bond donors (Lipinski definition) is 2. The normalized spacial score (nSPS) is 14.3. The van der Waals surface area contributed by atoms with Crippen LogP contribution in [0.3, 0.4) is 0 Å². The van der Waals surface area contributed by atoms with Crippen molar-refractivity contribution in [2.24, 2.45) is 0 Å². The monoisotopic (exact) mass is 437 g/mol. The number of fused-ring (bicyclic) bond motifs is 1. The molecule has 2 N–H and O–H groups in total. The van der Waals surface area contributed by atoms with Gasteiger partial charge >= 0.3 is 11.9 Å². The molecule has 0 atom stereocenters. The number of benzene rings is 1. The molecule has 9 nitrogen and oxygen atoms in total. The molecule has 0 amide bonds. The van der Waals surface area contributed by atoms with Crippen molar-refractivity contribution in [2.75, 3.05) is 37.6 Å². The lowest BCUT2D eigenvalue weighted by atomic mass is 10.2. The van der Waals surface area contributed by atoms with Crippen LogP contribution in [0.15, 0.2) is 66.9 Å². The van der Waals surface area contributed by atoms with E-state index in [1.807, 2.05) is 28.9 Å². The average molecular weight is 438 g/mol. The molecule has 0 radical (unpaired) electrons. The molecule has 1 fully saturated rings. The Morgan fingerprint density at radius 3 is 2.19 bits per heavy atom. The molecule has 1 aromatic carbocycles. The van der Waals surface area contributed by atoms with Crippen LogP contribution >= 0.6 is 0 Å². The second-order valence-electron chi connectivity index (χ2n) is 7.31. The van der Waals surface area contributed by atoms with Crippen LogP contribution in [0.25, 0.3) is 5.65 Å². The first kappa shape index (κ1) is 23.0. The van der Waals surface area contributed by atoms with Crippen molar-refractivity contribution >= 4 is 23.3 Å². The molecule has 1 aliphatic rings. The Labute approximate surface area is 186 Å². The van der Waals surface area contributed by atoms with E-state index in [1.165, 1.54) is 5.69 Å². The number of carboxylic acids is 2. The van der Waals surface area contributed by atoms with Crippen molar-refractivity contribution in [3.05, 3.63) is 72.7 Å². The summed E-state index contributed by atoms with van der Waals surface area (Å²) in [4.78, 5) is 28.7. The van der Waals surface area contributed by atoms with E-state index >= 15 is 0 Å². The minimum absolute atomic E-state index is 0.558. The Kier molecular flexibility index (Phi) is 8.33. The zero-order chi connectivity index (χ0) is 22.8. The Hall–Kier alpha value is -3.72. The van der Waals surface area contributed by atoms with Gasteiger partial charge in [0.25, 0.3) is 0 Å². The second kappa shape index (κ2) is 11.6. The van der Waals surface area contributed by atoms with Gasteiger partial charge in [-0.05, 0) is 37.2 Å². The van der Waals surface area contributed by atoms with Crippen LogP contribution < -0.4 is 4.90 Å². The standard InChI is InChI=1S/C19H23N5.C4H4O4/c1-2-7-17(8-3-1)23-15-13-22(14-16-23)11-6-9-18-20-19-10-4-5-12-24(19)21-18;5-3(6)1-2-4(7)8/h1-5,7-8,10,12H,6,9,11,13-16H2;1-2H,(H,5,6)(H,7,8). The summed E-state index contributed by atoms with van der Waals surface area (Å²) in [6, 6.07) is 16.7. The summed E-state index contributed by atoms with van der Waals surface area (Å²) in [6.45, 7) is 5.60. The predicted octanol–water partition coefficient (Wildman–Crippen LogP) is 2.20. The lowest BCUT2D eigenvalue weighted by molar-refractivity contribution is -0.134. The zero-order valence-corrected chi connectivity index (χ0v) is 17.7. The molecule has 2 aromatic heterocycles. The number of anilines is 1. The second-order valence-corrected chi connectivity index (χ2v) is 7.31. The summed E-state index contributed by atoms with van der Waals surface area (Å²) in [5.41, 5.74) is 2.27. The number of nitrogens with zero attached hydrogens (tertiary/aromatic N) is 5. The fourth-order valence-electron chi connectivity index (χ4n) is 3.46. The number of aryl methyl sites for hydroxylation is 1. The highest BCUT2D eigenvalue weighted by Gasteiger charge is 2.16. The third-order valence-corrected chi connectivity index (χ3v) is 5.02. The Balaban J connectivity index is 0.000000312. The number of aliphatic carboxylic acids is 2. The third kappa shape index (κ3) is 7.21. The van der Waals surface area contributed by atoms with Gasteiger partial charge in [-0.3, -0.25) is 4.90 Å². The summed E-state index contributed by atoms with van der Waals surface area (Å²) in [6.07, 6.45) is 5.13. The summed E-state index contributed by atoms with van der Waals surface area (Å²) in [5.74, 6) is -1.57. The lowest BCUT2D eigenvalue weighted by Crippen LogP contribution is -2.46. The molecule has 32 heavy (non-hydrogen) atoms. The predicted molar refractivity (Wildman–Crippen MR) is 121 cm³/mol. The van der Waals surface area contributed by atoms with E-state index in [-0.39, 0.29) is 0 Å². The summed E-state index contributed by atoms with van der Waals surface area (Å²) < 4.78 is 1.86. The van der Waals surface area contributed by atoms with Gasteiger partial charge in [0.1, 0.15) is 0 Å². The molecule has 0 saturated carbocycles. The van der Waals surface area contributed by atoms with Crippen molar-refractivity contribution in [1.29, 1.82) is 0 Å². The molecule has 1 aliphatic heterocycles. The van der Waals surface area contributed by atoms with Gasteiger partial charge in [-0.2, -0.15) is 5.10 Å². The van der Waals surface area contributed by atoms with Crippen LogP contribution in [0.2, 0.25) is 0 Å². The topological polar surface area (TPSA) is 111 Å². The number of pyridine rings is 1. The maximum Gasteiger partial charge on any atom is 0.328 e. The van der Waals surface area contributed by atoms with Crippen LogP contribution in [0.5, 0.6) is 0 Å². The Morgan fingerprint density at radius 2 is 1.56 bits per heavy atom. The first-order valence-corrected chi connectivity index (χ1v) is 10.5. The molecule has 0 unspecified atom stereocenters. The van der Waals surface area contributed by atoms with Crippen molar-refractivity contribution in [3.63, 3.8) is 0 Å².